The van der Waals surface area contributed by atoms with Crippen LogP contribution in [0.25, 0.3) is 11.1 Å². The summed E-state index contributed by atoms with van der Waals surface area (Å²) < 4.78 is 0. The minimum atomic E-state index is -0.503. The predicted molar refractivity (Wildman–Crippen MR) is 88.3 cm³/mol. The Bertz CT molecular complexity index is 582. The van der Waals surface area contributed by atoms with Crippen LogP contribution in [0.4, 0.5) is 4.79 Å². The van der Waals surface area contributed by atoms with Crippen LogP contribution in [0.1, 0.15) is 30.9 Å². The van der Waals surface area contributed by atoms with Crippen molar-refractivity contribution in [3.8, 4) is 11.1 Å². The van der Waals surface area contributed by atoms with Crippen molar-refractivity contribution in [2.45, 2.75) is 25.4 Å². The highest BCUT2D eigenvalue weighted by molar-refractivity contribution is 5.71. The van der Waals surface area contributed by atoms with Crippen LogP contribution in [-0.4, -0.2) is 17.7 Å². The van der Waals surface area contributed by atoms with Crippen LogP contribution in [0.5, 0.6) is 0 Å². The van der Waals surface area contributed by atoms with E-state index in [-0.39, 0.29) is 0 Å². The normalized spacial score (nSPS) is 11.9. The van der Waals surface area contributed by atoms with Gasteiger partial charge in [-0.2, -0.15) is 0 Å². The Morgan fingerprint density at radius 1 is 1.00 bits per heavy atom. The van der Waals surface area contributed by atoms with Crippen molar-refractivity contribution in [3.63, 3.8) is 0 Å². The van der Waals surface area contributed by atoms with Crippen LogP contribution in [0.3, 0.4) is 0 Å². The molecule has 0 radical (unpaired) electrons. The molecule has 0 heterocycles. The number of unbranched alkanes of at least 4 members (excludes halogenated alkanes) is 1. The fourth-order valence-corrected chi connectivity index (χ4v) is 2.37. The SMILES string of the molecule is NC(=O)NCCCCC(O)c1ccc(-c2ccccc2)cc1. The van der Waals surface area contributed by atoms with Gasteiger partial charge < -0.3 is 16.2 Å². The van der Waals surface area contributed by atoms with E-state index in [1.807, 2.05) is 42.5 Å². The van der Waals surface area contributed by atoms with Gasteiger partial charge in [-0.25, -0.2) is 4.79 Å². The summed E-state index contributed by atoms with van der Waals surface area (Å²) in [4.78, 5) is 10.5. The quantitative estimate of drug-likeness (QED) is 0.686. The van der Waals surface area contributed by atoms with E-state index in [1.54, 1.807) is 0 Å². The van der Waals surface area contributed by atoms with Crippen LogP contribution in [-0.2, 0) is 0 Å². The number of hydrogen-bond donors (Lipinski definition) is 3. The zero-order valence-corrected chi connectivity index (χ0v) is 12.5. The molecule has 4 N–H and O–H groups in total. The second-order valence-electron chi connectivity index (χ2n) is 5.29. The molecular weight excluding hydrogens is 276 g/mol. The number of rotatable bonds is 7. The number of hydrogen-bond acceptors (Lipinski definition) is 2. The number of nitrogens with two attached hydrogens (primary N) is 1. The van der Waals surface area contributed by atoms with Gasteiger partial charge in [0, 0.05) is 6.54 Å². The van der Waals surface area contributed by atoms with Crippen LogP contribution in [0.15, 0.2) is 54.6 Å². The standard InChI is InChI=1S/C18H22N2O2/c19-18(22)20-13-5-4-8-17(21)16-11-9-15(10-12-16)14-6-2-1-3-7-14/h1-3,6-7,9-12,17,21H,4-5,8,13H2,(H3,19,20,22). The first-order valence-corrected chi connectivity index (χ1v) is 7.53. The molecule has 2 aromatic carbocycles. The molecule has 1 atom stereocenters. The lowest BCUT2D eigenvalue weighted by Gasteiger charge is -2.12. The van der Waals surface area contributed by atoms with E-state index < -0.39 is 12.1 Å². The highest BCUT2D eigenvalue weighted by atomic mass is 16.3. The highest BCUT2D eigenvalue weighted by Gasteiger charge is 2.07. The summed E-state index contributed by atoms with van der Waals surface area (Å²) in [7, 11) is 0. The Morgan fingerprint density at radius 3 is 2.27 bits per heavy atom. The first kappa shape index (κ1) is 16.0. The topological polar surface area (TPSA) is 75.4 Å². The molecule has 0 aliphatic rings. The van der Waals surface area contributed by atoms with Crippen molar-refractivity contribution in [1.82, 2.24) is 5.32 Å². The summed E-state index contributed by atoms with van der Waals surface area (Å²) in [6.45, 7) is 0.551. The monoisotopic (exact) mass is 298 g/mol. The second kappa shape index (κ2) is 8.20. The second-order valence-corrected chi connectivity index (χ2v) is 5.29. The fourth-order valence-electron chi connectivity index (χ4n) is 2.37. The molecule has 0 fully saturated rings. The molecule has 0 aliphatic heterocycles. The summed E-state index contributed by atoms with van der Waals surface area (Å²) in [5, 5.41) is 12.7. The lowest BCUT2D eigenvalue weighted by Crippen LogP contribution is -2.30. The van der Waals surface area contributed by atoms with Crippen LogP contribution in [0, 0.1) is 0 Å². The van der Waals surface area contributed by atoms with E-state index in [1.165, 1.54) is 5.56 Å². The number of amides is 2. The van der Waals surface area contributed by atoms with Gasteiger partial charge >= 0.3 is 6.03 Å². The van der Waals surface area contributed by atoms with Gasteiger partial charge in [0.25, 0.3) is 0 Å². The largest absolute Gasteiger partial charge is 0.388 e. The molecule has 2 amide bonds. The third kappa shape index (κ3) is 4.90. The lowest BCUT2D eigenvalue weighted by atomic mass is 9.99. The van der Waals surface area contributed by atoms with E-state index in [0.717, 1.165) is 24.0 Å². The van der Waals surface area contributed by atoms with Crippen molar-refractivity contribution in [2.24, 2.45) is 5.73 Å². The molecule has 0 spiro atoms. The van der Waals surface area contributed by atoms with Gasteiger partial charge in [0.05, 0.1) is 6.10 Å². The molecule has 4 heteroatoms. The van der Waals surface area contributed by atoms with E-state index in [0.29, 0.717) is 13.0 Å². The molecule has 0 aromatic heterocycles. The Labute approximate surface area is 131 Å². The molecule has 0 saturated carbocycles. The molecule has 1 unspecified atom stereocenters. The minimum absolute atomic E-state index is 0.474. The summed E-state index contributed by atoms with van der Waals surface area (Å²) in [5.74, 6) is 0. The molecule has 4 nitrogen and oxygen atoms in total. The van der Waals surface area contributed by atoms with Gasteiger partial charge in [0.2, 0.25) is 0 Å². The number of aliphatic hydroxyl groups excluding tert-OH is 1. The van der Waals surface area contributed by atoms with E-state index in [4.69, 9.17) is 5.73 Å². The average molecular weight is 298 g/mol. The number of primary amides is 1. The Hall–Kier alpha value is -2.33. The van der Waals surface area contributed by atoms with Gasteiger partial charge in [0.15, 0.2) is 0 Å². The van der Waals surface area contributed by atoms with Crippen molar-refractivity contribution < 1.29 is 9.90 Å². The van der Waals surface area contributed by atoms with Gasteiger partial charge in [-0.15, -0.1) is 0 Å². The van der Waals surface area contributed by atoms with E-state index in [9.17, 15) is 9.90 Å². The maximum Gasteiger partial charge on any atom is 0.312 e. The third-order valence-electron chi connectivity index (χ3n) is 3.61. The molecule has 0 saturated heterocycles. The number of benzene rings is 2. The number of carbonyl (C=O) groups is 1. The van der Waals surface area contributed by atoms with E-state index in [2.05, 4.69) is 17.4 Å². The van der Waals surface area contributed by atoms with Gasteiger partial charge in [0.1, 0.15) is 0 Å². The Balaban J connectivity index is 1.83. The predicted octanol–water partition coefficient (Wildman–Crippen LogP) is 3.23. The van der Waals surface area contributed by atoms with Crippen LogP contribution >= 0.6 is 0 Å². The molecule has 2 aromatic rings. The number of carbonyl (C=O) groups excluding carboxylic acids is 1. The zero-order valence-electron chi connectivity index (χ0n) is 12.5. The average Bonchev–Trinajstić information content (AvgIpc) is 2.55. The van der Waals surface area contributed by atoms with Crippen molar-refractivity contribution in [1.29, 1.82) is 0 Å². The Kier molecular flexibility index (Phi) is 5.98. The summed E-state index contributed by atoms with van der Waals surface area (Å²) >= 11 is 0. The number of aliphatic hydroxyl groups is 1. The molecule has 116 valence electrons. The lowest BCUT2D eigenvalue weighted by molar-refractivity contribution is 0.163. The summed E-state index contributed by atoms with van der Waals surface area (Å²) in [5.41, 5.74) is 8.22. The van der Waals surface area contributed by atoms with Crippen molar-refractivity contribution in [2.75, 3.05) is 6.54 Å². The third-order valence-corrected chi connectivity index (χ3v) is 3.61. The maximum absolute atomic E-state index is 10.5. The first-order valence-electron chi connectivity index (χ1n) is 7.53. The van der Waals surface area contributed by atoms with Gasteiger partial charge in [-0.1, -0.05) is 54.6 Å². The van der Waals surface area contributed by atoms with E-state index >= 15 is 0 Å². The smallest absolute Gasteiger partial charge is 0.312 e. The summed E-state index contributed by atoms with van der Waals surface area (Å²) in [6.07, 6.45) is 1.84. The van der Waals surface area contributed by atoms with Crippen molar-refractivity contribution >= 4 is 6.03 Å². The molecule has 0 aliphatic carbocycles. The number of urea groups is 1. The summed E-state index contributed by atoms with van der Waals surface area (Å²) in [6, 6.07) is 17.6. The van der Waals surface area contributed by atoms with Gasteiger partial charge in [-0.05, 0) is 36.0 Å². The molecule has 2 rings (SSSR count). The molecular formula is C18H22N2O2. The van der Waals surface area contributed by atoms with Crippen LogP contribution < -0.4 is 11.1 Å². The zero-order chi connectivity index (χ0) is 15.8. The minimum Gasteiger partial charge on any atom is -0.388 e. The van der Waals surface area contributed by atoms with Crippen molar-refractivity contribution in [3.05, 3.63) is 60.2 Å². The first-order chi connectivity index (χ1) is 10.7. The number of nitrogens with one attached hydrogen (secondary N) is 1. The highest BCUT2D eigenvalue weighted by Crippen LogP contribution is 2.24. The fraction of sp³-hybridized carbons (Fsp3) is 0.278. The Morgan fingerprint density at radius 2 is 1.64 bits per heavy atom. The van der Waals surface area contributed by atoms with Gasteiger partial charge in [-0.3, -0.25) is 0 Å². The molecule has 0 bridgehead atoms. The molecule has 22 heavy (non-hydrogen) atoms. The maximum atomic E-state index is 10.5. The van der Waals surface area contributed by atoms with Crippen LogP contribution in [0.2, 0.25) is 0 Å².